The number of benzene rings is 2. The molecule has 4 N–H and O–H groups in total. The Balaban J connectivity index is 1.79. The molecule has 0 fully saturated rings. The topological polar surface area (TPSA) is 101 Å². The largest absolute Gasteiger partial charge is 0.395 e. The van der Waals surface area contributed by atoms with Crippen LogP contribution < -0.4 is 10.0 Å². The second-order valence-electron chi connectivity index (χ2n) is 5.71. The molecule has 0 aliphatic rings. The molecule has 0 bridgehead atoms. The number of aromatic amines is 1. The Morgan fingerprint density at radius 2 is 2.19 bits per heavy atom. The Bertz CT molecular complexity index is 991. The zero-order chi connectivity index (χ0) is 18.5. The monoisotopic (exact) mass is 366 g/mol. The van der Waals surface area contributed by atoms with Gasteiger partial charge in [-0.2, -0.15) is 5.26 Å². The normalized spacial score (nSPS) is 10.5. The molecule has 26 heavy (non-hydrogen) atoms. The number of carbonyl (C=O) groups is 1. The number of hydrogen-bond acceptors (Lipinski definition) is 5. The van der Waals surface area contributed by atoms with E-state index in [1.165, 1.54) is 11.9 Å². The average molecular weight is 366 g/mol. The van der Waals surface area contributed by atoms with Gasteiger partial charge in [0.1, 0.15) is 6.07 Å². The highest BCUT2D eigenvalue weighted by Crippen LogP contribution is 2.31. The molecule has 3 rings (SSSR count). The molecule has 0 spiro atoms. The standard InChI is InChI=1S/C19H18N4O2S/c1-12-5-6-16(18-17(12)14(10-20)11-22-18)23-26-15-4-2-3-13(9-15)19(25)21-7-8-24/h2-6,9,11,22-24H,7-8H2,1H3,(H,21,25). The van der Waals surface area contributed by atoms with Crippen LogP contribution in [0.1, 0.15) is 21.5 Å². The van der Waals surface area contributed by atoms with Crippen molar-refractivity contribution in [2.45, 2.75) is 11.8 Å². The number of aromatic nitrogens is 1. The molecule has 3 aromatic rings. The van der Waals surface area contributed by atoms with E-state index in [1.54, 1.807) is 18.3 Å². The molecule has 1 heterocycles. The number of carbonyl (C=O) groups excluding carboxylic acids is 1. The van der Waals surface area contributed by atoms with Crippen LogP contribution in [-0.2, 0) is 0 Å². The fourth-order valence-electron chi connectivity index (χ4n) is 2.68. The second-order valence-corrected chi connectivity index (χ2v) is 6.59. The van der Waals surface area contributed by atoms with Crippen molar-refractivity contribution < 1.29 is 9.90 Å². The van der Waals surface area contributed by atoms with Crippen molar-refractivity contribution in [2.24, 2.45) is 0 Å². The number of aliphatic hydroxyl groups is 1. The number of anilines is 1. The number of aliphatic hydroxyl groups excluding tert-OH is 1. The number of hydrogen-bond donors (Lipinski definition) is 4. The van der Waals surface area contributed by atoms with Gasteiger partial charge in [0.15, 0.2) is 0 Å². The van der Waals surface area contributed by atoms with Crippen LogP contribution in [0.3, 0.4) is 0 Å². The lowest BCUT2D eigenvalue weighted by Gasteiger charge is -2.09. The maximum atomic E-state index is 12.0. The smallest absolute Gasteiger partial charge is 0.251 e. The Labute approximate surface area is 155 Å². The summed E-state index contributed by atoms with van der Waals surface area (Å²) in [5, 5.41) is 21.6. The average Bonchev–Trinajstić information content (AvgIpc) is 3.11. The summed E-state index contributed by atoms with van der Waals surface area (Å²) < 4.78 is 3.28. The number of H-pyrrole nitrogens is 1. The molecule has 0 saturated carbocycles. The lowest BCUT2D eigenvalue weighted by atomic mass is 10.1. The highest BCUT2D eigenvalue weighted by atomic mass is 32.2. The van der Waals surface area contributed by atoms with Gasteiger partial charge in [0.05, 0.1) is 23.4 Å². The number of nitriles is 1. The lowest BCUT2D eigenvalue weighted by molar-refractivity contribution is 0.0944. The number of fused-ring (bicyclic) bond motifs is 1. The van der Waals surface area contributed by atoms with Gasteiger partial charge in [0.2, 0.25) is 0 Å². The summed E-state index contributed by atoms with van der Waals surface area (Å²) >= 11 is 1.38. The third-order valence-electron chi connectivity index (χ3n) is 3.94. The third kappa shape index (κ3) is 3.67. The van der Waals surface area contributed by atoms with Crippen molar-refractivity contribution in [1.29, 1.82) is 5.26 Å². The number of aryl methyl sites for hydroxylation is 1. The Hall–Kier alpha value is -2.95. The lowest BCUT2D eigenvalue weighted by Crippen LogP contribution is -2.26. The molecule has 2 aromatic carbocycles. The summed E-state index contributed by atoms with van der Waals surface area (Å²) in [4.78, 5) is 16.0. The molecule has 132 valence electrons. The summed E-state index contributed by atoms with van der Waals surface area (Å²) in [6.07, 6.45) is 1.71. The van der Waals surface area contributed by atoms with E-state index in [2.05, 4.69) is 21.1 Å². The van der Waals surface area contributed by atoms with Crippen molar-refractivity contribution in [1.82, 2.24) is 10.3 Å². The van der Waals surface area contributed by atoms with Gasteiger partial charge in [-0.3, -0.25) is 4.79 Å². The van der Waals surface area contributed by atoms with Crippen molar-refractivity contribution >= 4 is 34.4 Å². The first-order valence-electron chi connectivity index (χ1n) is 8.07. The molecule has 0 radical (unpaired) electrons. The quantitative estimate of drug-likeness (QED) is 0.502. The maximum absolute atomic E-state index is 12.0. The van der Waals surface area contributed by atoms with Gasteiger partial charge in [-0.1, -0.05) is 12.1 Å². The van der Waals surface area contributed by atoms with Crippen LogP contribution in [0, 0.1) is 18.3 Å². The van der Waals surface area contributed by atoms with Crippen molar-refractivity contribution in [3.8, 4) is 6.07 Å². The van der Waals surface area contributed by atoms with Crippen LogP contribution in [0.4, 0.5) is 5.69 Å². The van der Waals surface area contributed by atoms with Gasteiger partial charge in [-0.25, -0.2) is 0 Å². The van der Waals surface area contributed by atoms with Crippen molar-refractivity contribution in [3.05, 3.63) is 59.3 Å². The highest BCUT2D eigenvalue weighted by Gasteiger charge is 2.11. The maximum Gasteiger partial charge on any atom is 0.251 e. The summed E-state index contributed by atoms with van der Waals surface area (Å²) in [6, 6.07) is 13.4. The number of nitrogens with zero attached hydrogens (tertiary/aromatic N) is 1. The van der Waals surface area contributed by atoms with Gasteiger partial charge in [-0.05, 0) is 48.7 Å². The fourth-order valence-corrected chi connectivity index (χ4v) is 3.41. The molecule has 7 heteroatoms. The van der Waals surface area contributed by atoms with Crippen LogP contribution in [0.25, 0.3) is 10.9 Å². The fraction of sp³-hybridized carbons (Fsp3) is 0.158. The van der Waals surface area contributed by atoms with E-state index >= 15 is 0 Å². The van der Waals surface area contributed by atoms with E-state index in [0.717, 1.165) is 27.0 Å². The summed E-state index contributed by atoms with van der Waals surface area (Å²) in [7, 11) is 0. The third-order valence-corrected chi connectivity index (χ3v) is 4.75. The molecule has 0 unspecified atom stereocenters. The van der Waals surface area contributed by atoms with Crippen LogP contribution >= 0.6 is 11.9 Å². The predicted octanol–water partition coefficient (Wildman–Crippen LogP) is 3.19. The van der Waals surface area contributed by atoms with Crippen molar-refractivity contribution in [2.75, 3.05) is 17.9 Å². The molecule has 0 aliphatic heterocycles. The Morgan fingerprint density at radius 1 is 1.35 bits per heavy atom. The SMILES string of the molecule is Cc1ccc(NSc2cccc(C(=O)NCCO)c2)c2[nH]cc(C#N)c12. The van der Waals surface area contributed by atoms with E-state index in [-0.39, 0.29) is 19.1 Å². The zero-order valence-electron chi connectivity index (χ0n) is 14.2. The Kier molecular flexibility index (Phi) is 5.46. The van der Waals surface area contributed by atoms with Crippen molar-refractivity contribution in [3.63, 3.8) is 0 Å². The van der Waals surface area contributed by atoms with E-state index in [4.69, 9.17) is 5.11 Å². The molecular formula is C19H18N4O2S. The second kappa shape index (κ2) is 7.95. The number of rotatable bonds is 6. The zero-order valence-corrected chi connectivity index (χ0v) is 15.0. The van der Waals surface area contributed by atoms with E-state index in [9.17, 15) is 10.1 Å². The molecule has 0 aliphatic carbocycles. The first-order chi connectivity index (χ1) is 12.6. The molecule has 6 nitrogen and oxygen atoms in total. The number of amides is 1. The van der Waals surface area contributed by atoms with Gasteiger partial charge >= 0.3 is 0 Å². The summed E-state index contributed by atoms with van der Waals surface area (Å²) in [6.45, 7) is 2.11. The molecular weight excluding hydrogens is 348 g/mol. The summed E-state index contributed by atoms with van der Waals surface area (Å²) in [5.74, 6) is -0.220. The van der Waals surface area contributed by atoms with Gasteiger partial charge < -0.3 is 20.1 Å². The minimum atomic E-state index is -0.220. The van der Waals surface area contributed by atoms with E-state index in [0.29, 0.717) is 11.1 Å². The molecule has 0 atom stereocenters. The van der Waals surface area contributed by atoms with Crippen LogP contribution in [0.5, 0.6) is 0 Å². The van der Waals surface area contributed by atoms with E-state index < -0.39 is 0 Å². The van der Waals surface area contributed by atoms with Gasteiger partial charge in [0, 0.05) is 28.6 Å². The minimum absolute atomic E-state index is 0.0913. The first-order valence-corrected chi connectivity index (χ1v) is 8.88. The summed E-state index contributed by atoms with van der Waals surface area (Å²) in [5.41, 5.74) is 3.94. The molecule has 1 aromatic heterocycles. The Morgan fingerprint density at radius 3 is 2.96 bits per heavy atom. The highest BCUT2D eigenvalue weighted by molar-refractivity contribution is 8.00. The van der Waals surface area contributed by atoms with Crippen LogP contribution in [-0.4, -0.2) is 29.1 Å². The molecule has 1 amide bonds. The predicted molar refractivity (Wildman–Crippen MR) is 103 cm³/mol. The van der Waals surface area contributed by atoms with Crippen LogP contribution in [0.15, 0.2) is 47.5 Å². The molecule has 0 saturated heterocycles. The van der Waals surface area contributed by atoms with Gasteiger partial charge in [-0.15, -0.1) is 0 Å². The first kappa shape index (κ1) is 17.9. The number of nitrogens with one attached hydrogen (secondary N) is 3. The van der Waals surface area contributed by atoms with Crippen LogP contribution in [0.2, 0.25) is 0 Å². The van der Waals surface area contributed by atoms with E-state index in [1.807, 2.05) is 31.2 Å². The minimum Gasteiger partial charge on any atom is -0.395 e. The van der Waals surface area contributed by atoms with Gasteiger partial charge in [0.25, 0.3) is 5.91 Å².